The predicted octanol–water partition coefficient (Wildman–Crippen LogP) is 5.10. The molecule has 0 amide bonds. The average Bonchev–Trinajstić information content (AvgIpc) is 2.79. The van der Waals surface area contributed by atoms with E-state index in [-0.39, 0.29) is 23.6 Å². The molecule has 5 heteroatoms. The van der Waals surface area contributed by atoms with E-state index in [0.29, 0.717) is 36.1 Å². The van der Waals surface area contributed by atoms with Crippen molar-refractivity contribution in [1.82, 2.24) is 5.32 Å². The third-order valence-corrected chi connectivity index (χ3v) is 6.43. The molecule has 1 aliphatic heterocycles. The highest BCUT2D eigenvalue weighted by atomic mass is 16.5. The van der Waals surface area contributed by atoms with E-state index in [2.05, 4.69) is 17.4 Å². The Morgan fingerprint density at radius 2 is 1.78 bits per heavy atom. The molecule has 0 radical (unpaired) electrons. The van der Waals surface area contributed by atoms with Crippen LogP contribution in [0.3, 0.4) is 0 Å². The second kappa shape index (κ2) is 9.03. The van der Waals surface area contributed by atoms with Crippen molar-refractivity contribution in [3.05, 3.63) is 88.3 Å². The number of carbonyl (C=O) groups excluding carboxylic acids is 2. The van der Waals surface area contributed by atoms with Gasteiger partial charge in [0.2, 0.25) is 0 Å². The summed E-state index contributed by atoms with van der Waals surface area (Å²) in [4.78, 5) is 26.7. The molecule has 0 bridgehead atoms. The van der Waals surface area contributed by atoms with Crippen LogP contribution in [0.5, 0.6) is 5.75 Å². The number of hydrogen-bond acceptors (Lipinski definition) is 5. The molecule has 2 N–H and O–H groups in total. The van der Waals surface area contributed by atoms with Gasteiger partial charge in [0.05, 0.1) is 11.7 Å². The molecule has 2 aromatic carbocycles. The van der Waals surface area contributed by atoms with Gasteiger partial charge in [0.15, 0.2) is 5.78 Å². The molecule has 1 heterocycles. The van der Waals surface area contributed by atoms with E-state index in [9.17, 15) is 14.7 Å². The first kappa shape index (κ1) is 21.9. The van der Waals surface area contributed by atoms with Gasteiger partial charge in [-0.05, 0) is 55.9 Å². The molecule has 3 atom stereocenters. The number of nitrogens with one attached hydrogen (secondary N) is 1. The van der Waals surface area contributed by atoms with E-state index in [0.717, 1.165) is 16.8 Å². The Bertz CT molecular complexity index is 1080. The summed E-state index contributed by atoms with van der Waals surface area (Å²) in [6, 6.07) is 16.8. The SMILES string of the molecule is CC[C@H](C)OC(=O)C1=C(C)NC2=C(C(=O)C[C@H](c3ccccc3)C2)[C@@H]1c1ccc(O)cc1. The van der Waals surface area contributed by atoms with Crippen LogP contribution in [0.1, 0.15) is 63.0 Å². The van der Waals surface area contributed by atoms with Gasteiger partial charge in [-0.2, -0.15) is 0 Å². The van der Waals surface area contributed by atoms with Crippen molar-refractivity contribution in [1.29, 1.82) is 0 Å². The second-order valence-corrected chi connectivity index (χ2v) is 8.64. The number of benzene rings is 2. The van der Waals surface area contributed by atoms with Gasteiger partial charge in [-0.1, -0.05) is 49.4 Å². The number of rotatable bonds is 5. The zero-order valence-corrected chi connectivity index (χ0v) is 18.7. The molecule has 0 spiro atoms. The van der Waals surface area contributed by atoms with Crippen LogP contribution in [0.15, 0.2) is 77.1 Å². The fourth-order valence-electron chi connectivity index (χ4n) is 4.60. The Hall–Kier alpha value is -3.34. The zero-order chi connectivity index (χ0) is 22.8. The number of phenolic OH excluding ortho intramolecular Hbond substituents is 1. The highest BCUT2D eigenvalue weighted by Gasteiger charge is 2.41. The number of carbonyl (C=O) groups is 2. The Kier molecular flexibility index (Phi) is 6.17. The third-order valence-electron chi connectivity index (χ3n) is 6.43. The zero-order valence-electron chi connectivity index (χ0n) is 18.7. The Morgan fingerprint density at radius 1 is 1.09 bits per heavy atom. The fourth-order valence-corrected chi connectivity index (χ4v) is 4.60. The largest absolute Gasteiger partial charge is 0.508 e. The quantitative estimate of drug-likeness (QED) is 0.645. The molecule has 0 fully saturated rings. The Balaban J connectivity index is 1.78. The number of dihydropyridines is 1. The number of allylic oxidation sites excluding steroid dienone is 3. The third kappa shape index (κ3) is 4.20. The topological polar surface area (TPSA) is 75.6 Å². The van der Waals surface area contributed by atoms with Crippen LogP contribution in [-0.2, 0) is 14.3 Å². The minimum absolute atomic E-state index is 0.0343. The summed E-state index contributed by atoms with van der Waals surface area (Å²) in [6.45, 7) is 5.69. The molecule has 2 aromatic rings. The van der Waals surface area contributed by atoms with E-state index in [4.69, 9.17) is 4.74 Å². The van der Waals surface area contributed by atoms with Crippen molar-refractivity contribution in [3.63, 3.8) is 0 Å². The summed E-state index contributed by atoms with van der Waals surface area (Å²) in [5.74, 6) is -0.663. The molecular formula is C27H29NO4. The van der Waals surface area contributed by atoms with Gasteiger partial charge in [0.1, 0.15) is 5.75 Å². The van der Waals surface area contributed by atoms with Crippen molar-refractivity contribution >= 4 is 11.8 Å². The van der Waals surface area contributed by atoms with Crippen LogP contribution < -0.4 is 5.32 Å². The molecule has 0 saturated heterocycles. The number of Topliss-reactive ketones (excluding diaryl/α,β-unsaturated/α-hetero) is 1. The van der Waals surface area contributed by atoms with E-state index >= 15 is 0 Å². The van der Waals surface area contributed by atoms with Crippen LogP contribution in [0.4, 0.5) is 0 Å². The lowest BCUT2D eigenvalue weighted by Crippen LogP contribution is -2.36. The van der Waals surface area contributed by atoms with Crippen LogP contribution in [0.2, 0.25) is 0 Å². The molecule has 2 aliphatic rings. The van der Waals surface area contributed by atoms with Gasteiger partial charge in [0.25, 0.3) is 0 Å². The lowest BCUT2D eigenvalue weighted by molar-refractivity contribution is -0.144. The lowest BCUT2D eigenvalue weighted by Gasteiger charge is -2.37. The molecule has 32 heavy (non-hydrogen) atoms. The van der Waals surface area contributed by atoms with Crippen molar-refractivity contribution in [2.75, 3.05) is 0 Å². The summed E-state index contributed by atoms with van der Waals surface area (Å²) >= 11 is 0. The highest BCUT2D eigenvalue weighted by Crippen LogP contribution is 2.45. The van der Waals surface area contributed by atoms with Gasteiger partial charge < -0.3 is 15.2 Å². The molecule has 4 rings (SSSR count). The highest BCUT2D eigenvalue weighted by molar-refractivity contribution is 6.04. The average molecular weight is 432 g/mol. The van der Waals surface area contributed by atoms with Gasteiger partial charge >= 0.3 is 5.97 Å². The van der Waals surface area contributed by atoms with E-state index in [1.165, 1.54) is 0 Å². The minimum Gasteiger partial charge on any atom is -0.508 e. The van der Waals surface area contributed by atoms with Gasteiger partial charge in [-0.15, -0.1) is 0 Å². The number of ether oxygens (including phenoxy) is 1. The van der Waals surface area contributed by atoms with Gasteiger partial charge in [-0.25, -0.2) is 4.79 Å². The van der Waals surface area contributed by atoms with Gasteiger partial charge in [-0.3, -0.25) is 4.79 Å². The summed E-state index contributed by atoms with van der Waals surface area (Å²) in [7, 11) is 0. The first-order valence-corrected chi connectivity index (χ1v) is 11.2. The molecule has 1 aliphatic carbocycles. The van der Waals surface area contributed by atoms with Crippen molar-refractivity contribution in [2.24, 2.45) is 0 Å². The molecule has 5 nitrogen and oxygen atoms in total. The van der Waals surface area contributed by atoms with Crippen molar-refractivity contribution < 1.29 is 19.4 Å². The molecule has 0 unspecified atom stereocenters. The number of ketones is 1. The maximum Gasteiger partial charge on any atom is 0.337 e. The standard InChI is InChI=1S/C27H29NO4/c1-4-16(2)32-27(31)24-17(3)28-22-14-20(18-8-6-5-7-9-18)15-23(30)26(22)25(24)19-10-12-21(29)13-11-19/h5-13,16,20,25,28-29H,4,14-15H2,1-3H3/t16-,20+,25+/m0/s1. The van der Waals surface area contributed by atoms with Crippen molar-refractivity contribution in [2.45, 2.75) is 58.0 Å². The lowest BCUT2D eigenvalue weighted by atomic mass is 9.71. The fraction of sp³-hybridized carbons (Fsp3) is 0.333. The first-order valence-electron chi connectivity index (χ1n) is 11.2. The van der Waals surface area contributed by atoms with Crippen LogP contribution in [0, 0.1) is 0 Å². The van der Waals surface area contributed by atoms with E-state index < -0.39 is 11.9 Å². The second-order valence-electron chi connectivity index (χ2n) is 8.64. The summed E-state index contributed by atoms with van der Waals surface area (Å²) in [6.07, 6.45) is 1.58. The molecule has 0 aromatic heterocycles. The number of aromatic hydroxyl groups is 1. The van der Waals surface area contributed by atoms with Crippen LogP contribution in [0.25, 0.3) is 0 Å². The Labute approximate surface area is 188 Å². The number of hydrogen-bond donors (Lipinski definition) is 2. The molecule has 166 valence electrons. The number of esters is 1. The number of phenols is 1. The smallest absolute Gasteiger partial charge is 0.337 e. The normalized spacial score (nSPS) is 21.7. The molecular weight excluding hydrogens is 402 g/mol. The summed E-state index contributed by atoms with van der Waals surface area (Å²) in [5, 5.41) is 13.2. The predicted molar refractivity (Wildman–Crippen MR) is 123 cm³/mol. The van der Waals surface area contributed by atoms with Crippen LogP contribution in [-0.4, -0.2) is 23.0 Å². The maximum atomic E-state index is 13.5. The minimum atomic E-state index is -0.521. The summed E-state index contributed by atoms with van der Waals surface area (Å²) < 4.78 is 5.67. The molecule has 0 saturated carbocycles. The van der Waals surface area contributed by atoms with Crippen LogP contribution >= 0.6 is 0 Å². The van der Waals surface area contributed by atoms with Crippen molar-refractivity contribution in [3.8, 4) is 5.75 Å². The monoisotopic (exact) mass is 431 g/mol. The van der Waals surface area contributed by atoms with E-state index in [1.54, 1.807) is 24.3 Å². The first-order chi connectivity index (χ1) is 15.4. The Morgan fingerprint density at radius 3 is 2.44 bits per heavy atom. The maximum absolute atomic E-state index is 13.5. The van der Waals surface area contributed by atoms with Gasteiger partial charge in [0, 0.05) is 29.3 Å². The summed E-state index contributed by atoms with van der Waals surface area (Å²) in [5.41, 5.74) is 4.59. The van der Waals surface area contributed by atoms with E-state index in [1.807, 2.05) is 39.0 Å².